The van der Waals surface area contributed by atoms with Crippen LogP contribution >= 0.6 is 0 Å². The Kier molecular flexibility index (Phi) is 2.76. The van der Waals surface area contributed by atoms with Crippen LogP contribution in [0.1, 0.15) is 5.56 Å². The van der Waals surface area contributed by atoms with Gasteiger partial charge in [-0.15, -0.1) is 0 Å². The lowest BCUT2D eigenvalue weighted by atomic mass is 10.2. The number of para-hydroxylation sites is 2. The molecular formula is C19H15N5O. The molecular weight excluding hydrogens is 314 g/mol. The number of furan rings is 1. The largest absolute Gasteiger partial charge is 0.446 e. The van der Waals surface area contributed by atoms with Gasteiger partial charge in [-0.3, -0.25) is 0 Å². The minimum atomic E-state index is 0.114. The van der Waals surface area contributed by atoms with E-state index in [1.54, 1.807) is 6.26 Å². The van der Waals surface area contributed by atoms with Crippen LogP contribution in [-0.2, 0) is 6.54 Å². The van der Waals surface area contributed by atoms with Crippen LogP contribution in [0.5, 0.6) is 0 Å². The molecule has 0 atom stereocenters. The van der Waals surface area contributed by atoms with Crippen molar-refractivity contribution in [2.75, 3.05) is 11.5 Å². The Labute approximate surface area is 142 Å². The van der Waals surface area contributed by atoms with Crippen molar-refractivity contribution in [1.29, 1.82) is 0 Å². The molecule has 5 aromatic rings. The first-order chi connectivity index (χ1) is 12.2. The molecule has 0 fully saturated rings. The topological polar surface area (TPSA) is 95.9 Å². The average Bonchev–Trinajstić information content (AvgIpc) is 3.16. The highest BCUT2D eigenvalue weighted by Crippen LogP contribution is 2.32. The van der Waals surface area contributed by atoms with E-state index in [2.05, 4.69) is 50.9 Å². The number of hydrogen-bond acceptors (Lipinski definition) is 5. The van der Waals surface area contributed by atoms with Gasteiger partial charge in [-0.25, -0.2) is 0 Å². The SMILES string of the molecule is Nc1nc(N)c2c(Cn3c4ccccc4c4ccccc43)coc2n1. The van der Waals surface area contributed by atoms with E-state index in [0.717, 1.165) is 22.0 Å². The maximum Gasteiger partial charge on any atom is 0.233 e. The van der Waals surface area contributed by atoms with Gasteiger partial charge in [0.05, 0.1) is 18.2 Å². The molecule has 0 aliphatic rings. The van der Waals surface area contributed by atoms with Crippen LogP contribution in [0.15, 0.2) is 59.2 Å². The first-order valence-corrected chi connectivity index (χ1v) is 7.97. The number of hydrogen-bond donors (Lipinski definition) is 2. The molecule has 4 N–H and O–H groups in total. The number of nitrogen functional groups attached to an aromatic ring is 2. The molecule has 0 aliphatic heterocycles. The Morgan fingerprint density at radius 2 is 1.52 bits per heavy atom. The van der Waals surface area contributed by atoms with Crippen LogP contribution in [0.3, 0.4) is 0 Å². The Bertz CT molecular complexity index is 1200. The van der Waals surface area contributed by atoms with Gasteiger partial charge in [-0.05, 0) is 12.1 Å². The van der Waals surface area contributed by atoms with E-state index < -0.39 is 0 Å². The second-order valence-corrected chi connectivity index (χ2v) is 6.03. The molecule has 2 aromatic carbocycles. The number of fused-ring (bicyclic) bond motifs is 4. The summed E-state index contributed by atoms with van der Waals surface area (Å²) in [6.45, 7) is 0.610. The van der Waals surface area contributed by atoms with Crippen molar-refractivity contribution in [3.63, 3.8) is 0 Å². The lowest BCUT2D eigenvalue weighted by molar-refractivity contribution is 0.596. The third-order valence-electron chi connectivity index (χ3n) is 4.56. The van der Waals surface area contributed by atoms with E-state index in [-0.39, 0.29) is 5.95 Å². The number of benzene rings is 2. The third-order valence-corrected chi connectivity index (χ3v) is 4.56. The van der Waals surface area contributed by atoms with Gasteiger partial charge in [0.25, 0.3) is 0 Å². The molecule has 0 spiro atoms. The number of nitrogens with zero attached hydrogens (tertiary/aromatic N) is 3. The number of nitrogens with two attached hydrogens (primary N) is 2. The predicted octanol–water partition coefficient (Wildman–Crippen LogP) is 3.54. The molecule has 3 aromatic heterocycles. The van der Waals surface area contributed by atoms with Crippen LogP contribution in [0, 0.1) is 0 Å². The van der Waals surface area contributed by atoms with Crippen molar-refractivity contribution in [2.45, 2.75) is 6.54 Å². The van der Waals surface area contributed by atoms with E-state index >= 15 is 0 Å². The highest BCUT2D eigenvalue weighted by atomic mass is 16.3. The maximum atomic E-state index is 6.06. The third kappa shape index (κ3) is 1.97. The Morgan fingerprint density at radius 1 is 0.880 bits per heavy atom. The molecule has 122 valence electrons. The summed E-state index contributed by atoms with van der Waals surface area (Å²) in [5.74, 6) is 0.454. The summed E-state index contributed by atoms with van der Waals surface area (Å²) in [6.07, 6.45) is 1.68. The van der Waals surface area contributed by atoms with Crippen molar-refractivity contribution in [1.82, 2.24) is 14.5 Å². The molecule has 0 radical (unpaired) electrons. The average molecular weight is 329 g/mol. The molecule has 3 heterocycles. The molecule has 25 heavy (non-hydrogen) atoms. The van der Waals surface area contributed by atoms with Gasteiger partial charge in [-0.2, -0.15) is 9.97 Å². The summed E-state index contributed by atoms with van der Waals surface area (Å²) in [7, 11) is 0. The quantitative estimate of drug-likeness (QED) is 0.516. The van der Waals surface area contributed by atoms with Crippen molar-refractivity contribution >= 4 is 44.7 Å². The minimum Gasteiger partial charge on any atom is -0.446 e. The molecule has 5 rings (SSSR count). The summed E-state index contributed by atoms with van der Waals surface area (Å²) in [5, 5.41) is 3.16. The maximum absolute atomic E-state index is 6.06. The van der Waals surface area contributed by atoms with Gasteiger partial charge in [0.1, 0.15) is 5.82 Å². The van der Waals surface area contributed by atoms with Crippen LogP contribution in [0.4, 0.5) is 11.8 Å². The minimum absolute atomic E-state index is 0.114. The monoisotopic (exact) mass is 329 g/mol. The lowest BCUT2D eigenvalue weighted by Gasteiger charge is -2.07. The number of aromatic nitrogens is 3. The molecule has 0 saturated heterocycles. The fraction of sp³-hybridized carbons (Fsp3) is 0.0526. The first-order valence-electron chi connectivity index (χ1n) is 7.97. The van der Waals surface area contributed by atoms with Gasteiger partial charge < -0.3 is 20.5 Å². The summed E-state index contributed by atoms with van der Waals surface area (Å²) in [4.78, 5) is 8.19. The zero-order valence-corrected chi connectivity index (χ0v) is 13.3. The van der Waals surface area contributed by atoms with Crippen LogP contribution < -0.4 is 11.5 Å². The second-order valence-electron chi connectivity index (χ2n) is 6.03. The zero-order valence-electron chi connectivity index (χ0n) is 13.3. The standard InChI is InChI=1S/C19H15N5O/c20-17-16-11(10-25-18(16)23-19(21)22-17)9-24-14-7-3-1-5-12(14)13-6-2-4-8-15(13)24/h1-8,10H,9H2,(H4,20,21,22,23). The van der Waals surface area contributed by atoms with Gasteiger partial charge >= 0.3 is 0 Å². The molecule has 0 amide bonds. The van der Waals surface area contributed by atoms with Crippen LogP contribution in [-0.4, -0.2) is 14.5 Å². The predicted molar refractivity (Wildman–Crippen MR) is 99.2 cm³/mol. The molecule has 0 bridgehead atoms. The first kappa shape index (κ1) is 13.9. The van der Waals surface area contributed by atoms with Gasteiger partial charge in [0.2, 0.25) is 11.7 Å². The molecule has 0 aliphatic carbocycles. The van der Waals surface area contributed by atoms with E-state index in [1.807, 2.05) is 12.1 Å². The smallest absolute Gasteiger partial charge is 0.233 e. The molecule has 6 heteroatoms. The summed E-state index contributed by atoms with van der Waals surface area (Å²) >= 11 is 0. The Morgan fingerprint density at radius 3 is 2.20 bits per heavy atom. The van der Waals surface area contributed by atoms with Crippen molar-refractivity contribution in [3.8, 4) is 0 Å². The summed E-state index contributed by atoms with van der Waals surface area (Å²) in [6, 6.07) is 16.7. The highest BCUT2D eigenvalue weighted by molar-refractivity contribution is 6.08. The fourth-order valence-corrected chi connectivity index (χ4v) is 3.51. The van der Waals surface area contributed by atoms with Crippen LogP contribution in [0.25, 0.3) is 32.9 Å². The van der Waals surface area contributed by atoms with Gasteiger partial charge in [0.15, 0.2) is 0 Å². The van der Waals surface area contributed by atoms with Crippen molar-refractivity contribution < 1.29 is 4.42 Å². The number of rotatable bonds is 2. The van der Waals surface area contributed by atoms with Crippen molar-refractivity contribution in [3.05, 3.63) is 60.4 Å². The highest BCUT2D eigenvalue weighted by Gasteiger charge is 2.16. The number of anilines is 2. The molecule has 0 unspecified atom stereocenters. The van der Waals surface area contributed by atoms with E-state index in [9.17, 15) is 0 Å². The van der Waals surface area contributed by atoms with E-state index in [4.69, 9.17) is 15.9 Å². The van der Waals surface area contributed by atoms with Crippen molar-refractivity contribution in [2.24, 2.45) is 0 Å². The van der Waals surface area contributed by atoms with E-state index in [1.165, 1.54) is 10.8 Å². The fourth-order valence-electron chi connectivity index (χ4n) is 3.51. The molecule has 6 nitrogen and oxygen atoms in total. The summed E-state index contributed by atoms with van der Waals surface area (Å²) < 4.78 is 7.81. The van der Waals surface area contributed by atoms with Gasteiger partial charge in [-0.1, -0.05) is 36.4 Å². The zero-order chi connectivity index (χ0) is 17.0. The Hall–Kier alpha value is -3.54. The summed E-state index contributed by atoms with van der Waals surface area (Å²) in [5.41, 5.74) is 15.4. The Balaban J connectivity index is 1.77. The van der Waals surface area contributed by atoms with Gasteiger partial charge in [0, 0.05) is 27.4 Å². The molecule has 0 saturated carbocycles. The van der Waals surface area contributed by atoms with Crippen LogP contribution in [0.2, 0.25) is 0 Å². The second kappa shape index (κ2) is 4.98. The normalized spacial score (nSPS) is 11.7. The van der Waals surface area contributed by atoms with E-state index in [0.29, 0.717) is 18.1 Å². The lowest BCUT2D eigenvalue weighted by Crippen LogP contribution is -2.02.